The average molecular weight is 429 g/mol. The third kappa shape index (κ3) is 4.14. The van der Waals surface area contributed by atoms with Crippen molar-refractivity contribution in [3.05, 3.63) is 59.9 Å². The zero-order valence-corrected chi connectivity index (χ0v) is 17.2. The molecule has 3 aliphatic rings. The number of rotatable bonds is 7. The molecule has 2 unspecified atom stereocenters. The Morgan fingerprint density at radius 2 is 1.84 bits per heavy atom. The van der Waals surface area contributed by atoms with Crippen molar-refractivity contribution in [2.45, 2.75) is 49.7 Å². The lowest BCUT2D eigenvalue weighted by Gasteiger charge is -2.41. The first-order valence-corrected chi connectivity index (χ1v) is 11.0. The lowest BCUT2D eigenvalue weighted by molar-refractivity contribution is -0.163. The zero-order chi connectivity index (χ0) is 21.6. The second-order valence-electron chi connectivity index (χ2n) is 9.30. The minimum Gasteiger partial charge on any atom is -0.370 e. The minimum absolute atomic E-state index is 0.0250. The maximum Gasteiger partial charge on any atom is 0.411 e. The molecule has 1 aromatic heterocycles. The molecule has 4 nitrogen and oxygen atoms in total. The molecule has 0 spiro atoms. The van der Waals surface area contributed by atoms with Crippen molar-refractivity contribution in [3.8, 4) is 0 Å². The van der Waals surface area contributed by atoms with Crippen LogP contribution >= 0.6 is 0 Å². The van der Waals surface area contributed by atoms with E-state index in [9.17, 15) is 18.0 Å². The summed E-state index contributed by atoms with van der Waals surface area (Å²) >= 11 is 0. The van der Waals surface area contributed by atoms with Gasteiger partial charge in [-0.3, -0.25) is 4.79 Å². The summed E-state index contributed by atoms with van der Waals surface area (Å²) in [6.07, 6.45) is 0.810. The van der Waals surface area contributed by atoms with E-state index in [0.29, 0.717) is 5.92 Å². The van der Waals surface area contributed by atoms with Gasteiger partial charge in [-0.2, -0.15) is 13.2 Å². The number of aromatic nitrogens is 1. The maximum absolute atomic E-state index is 13.0. The van der Waals surface area contributed by atoms with Crippen LogP contribution in [0.2, 0.25) is 0 Å². The molecule has 2 aliphatic carbocycles. The van der Waals surface area contributed by atoms with Crippen molar-refractivity contribution in [2.24, 2.45) is 11.8 Å². The van der Waals surface area contributed by atoms with Gasteiger partial charge in [0.2, 0.25) is 0 Å². The topological polar surface area (TPSA) is 45.2 Å². The van der Waals surface area contributed by atoms with E-state index in [2.05, 4.69) is 45.5 Å². The van der Waals surface area contributed by atoms with Gasteiger partial charge in [0.1, 0.15) is 11.2 Å². The van der Waals surface area contributed by atoms with Gasteiger partial charge >= 0.3 is 6.18 Å². The van der Waals surface area contributed by atoms with Crippen LogP contribution in [-0.4, -0.2) is 35.7 Å². The highest BCUT2D eigenvalue weighted by Crippen LogP contribution is 2.51. The monoisotopic (exact) mass is 429 g/mol. The molecule has 164 valence electrons. The largest absolute Gasteiger partial charge is 0.411 e. The molecule has 1 aliphatic heterocycles. The van der Waals surface area contributed by atoms with Crippen molar-refractivity contribution < 1.29 is 18.0 Å². The average Bonchev–Trinajstić information content (AvgIpc) is 3.63. The molecule has 1 amide bonds. The lowest BCUT2D eigenvalue weighted by Crippen LogP contribution is -2.48. The van der Waals surface area contributed by atoms with Crippen LogP contribution in [0.4, 0.5) is 18.9 Å². The van der Waals surface area contributed by atoms with E-state index >= 15 is 0 Å². The van der Waals surface area contributed by atoms with Crippen molar-refractivity contribution in [2.75, 3.05) is 18.0 Å². The Bertz CT molecular complexity index is 935. The summed E-state index contributed by atoms with van der Waals surface area (Å²) in [6, 6.07) is 14.0. The van der Waals surface area contributed by atoms with Crippen molar-refractivity contribution in [1.82, 2.24) is 10.3 Å². The molecule has 0 radical (unpaired) electrons. The number of alkyl halides is 3. The van der Waals surface area contributed by atoms with Gasteiger partial charge in [-0.15, -0.1) is 0 Å². The Kier molecular flexibility index (Phi) is 4.94. The molecule has 2 atom stereocenters. The van der Waals surface area contributed by atoms with Crippen LogP contribution in [0.15, 0.2) is 48.7 Å². The van der Waals surface area contributed by atoms with Gasteiger partial charge in [0.05, 0.1) is 11.9 Å². The van der Waals surface area contributed by atoms with Gasteiger partial charge in [0.25, 0.3) is 5.91 Å². The fourth-order valence-electron chi connectivity index (χ4n) is 4.68. The van der Waals surface area contributed by atoms with E-state index in [1.54, 1.807) is 12.3 Å². The number of anilines is 1. The normalized spacial score (nSPS) is 24.4. The van der Waals surface area contributed by atoms with Gasteiger partial charge in [-0.1, -0.05) is 30.3 Å². The van der Waals surface area contributed by atoms with Gasteiger partial charge in [-0.05, 0) is 67.6 Å². The number of hydrogen-bond donors (Lipinski definition) is 1. The number of carbonyl (C=O) groups is 1. The summed E-state index contributed by atoms with van der Waals surface area (Å²) in [7, 11) is 0. The van der Waals surface area contributed by atoms with E-state index in [1.165, 1.54) is 30.9 Å². The summed E-state index contributed by atoms with van der Waals surface area (Å²) in [5, 5.41) is 2.12. The number of carbonyl (C=O) groups excluding carboxylic acids is 1. The first-order valence-electron chi connectivity index (χ1n) is 11.0. The molecule has 2 heterocycles. The van der Waals surface area contributed by atoms with Crippen molar-refractivity contribution in [1.29, 1.82) is 0 Å². The summed E-state index contributed by atoms with van der Waals surface area (Å²) < 4.78 is 39.0. The molecular formula is C24H26F3N3O. The SMILES string of the molecule is O=C(NC1(C(F)(F)F)CC1)c1ccc(N2CC(CCC3CC3c3ccccc3)C2)cn1. The minimum atomic E-state index is -4.42. The Labute approximate surface area is 179 Å². The second kappa shape index (κ2) is 7.53. The number of nitrogens with zero attached hydrogens (tertiary/aromatic N) is 2. The van der Waals surface area contributed by atoms with E-state index in [0.717, 1.165) is 30.6 Å². The summed E-state index contributed by atoms with van der Waals surface area (Å²) in [5.74, 6) is 1.44. The molecule has 2 aromatic rings. The quantitative estimate of drug-likeness (QED) is 0.679. The van der Waals surface area contributed by atoms with Crippen LogP contribution in [-0.2, 0) is 0 Å². The number of amides is 1. The molecule has 5 rings (SSSR count). The standard InChI is InChI=1S/C24H26F3N3O/c25-24(26,27)23(10-11-23)29-22(31)21-9-8-19(13-28-21)30-14-16(15-30)6-7-18-12-20(18)17-4-2-1-3-5-17/h1-5,8-9,13,16,18,20H,6-7,10-12,14-15H2,(H,29,31). The first-order chi connectivity index (χ1) is 14.8. The molecule has 1 N–H and O–H groups in total. The Hall–Kier alpha value is -2.57. The Morgan fingerprint density at radius 3 is 2.45 bits per heavy atom. The van der Waals surface area contributed by atoms with Crippen molar-refractivity contribution in [3.63, 3.8) is 0 Å². The number of pyridine rings is 1. The van der Waals surface area contributed by atoms with E-state index in [-0.39, 0.29) is 18.5 Å². The smallest absolute Gasteiger partial charge is 0.370 e. The first kappa shape index (κ1) is 20.3. The van der Waals surface area contributed by atoms with Gasteiger partial charge in [0, 0.05) is 13.1 Å². The summed E-state index contributed by atoms with van der Waals surface area (Å²) in [5.41, 5.74) is 0.340. The van der Waals surface area contributed by atoms with Crippen LogP contribution in [0.3, 0.4) is 0 Å². The molecule has 3 fully saturated rings. The highest BCUT2D eigenvalue weighted by molar-refractivity contribution is 5.93. The van der Waals surface area contributed by atoms with Gasteiger partial charge in [0.15, 0.2) is 0 Å². The Balaban J connectivity index is 1.06. The molecule has 31 heavy (non-hydrogen) atoms. The third-order valence-corrected chi connectivity index (χ3v) is 7.04. The van der Waals surface area contributed by atoms with E-state index in [4.69, 9.17) is 0 Å². The van der Waals surface area contributed by atoms with Crippen LogP contribution in [0, 0.1) is 11.8 Å². The van der Waals surface area contributed by atoms with Gasteiger partial charge in [-0.25, -0.2) is 4.98 Å². The summed E-state index contributed by atoms with van der Waals surface area (Å²) in [6.45, 7) is 1.93. The zero-order valence-electron chi connectivity index (χ0n) is 17.2. The van der Waals surface area contributed by atoms with Gasteiger partial charge < -0.3 is 10.2 Å². The van der Waals surface area contributed by atoms with Crippen molar-refractivity contribution >= 4 is 11.6 Å². The maximum atomic E-state index is 13.0. The predicted molar refractivity (Wildman–Crippen MR) is 112 cm³/mol. The number of hydrogen-bond acceptors (Lipinski definition) is 3. The second-order valence-corrected chi connectivity index (χ2v) is 9.30. The number of nitrogens with one attached hydrogen (secondary N) is 1. The highest BCUT2D eigenvalue weighted by Gasteiger charge is 2.64. The van der Waals surface area contributed by atoms with E-state index in [1.807, 2.05) is 0 Å². The molecular weight excluding hydrogens is 403 g/mol. The third-order valence-electron chi connectivity index (χ3n) is 7.04. The van der Waals surface area contributed by atoms with E-state index < -0.39 is 17.6 Å². The highest BCUT2D eigenvalue weighted by atomic mass is 19.4. The molecule has 1 aromatic carbocycles. The fourth-order valence-corrected chi connectivity index (χ4v) is 4.68. The fraction of sp³-hybridized carbons (Fsp3) is 0.500. The van der Waals surface area contributed by atoms with Crippen LogP contribution in [0.25, 0.3) is 0 Å². The number of halogens is 3. The Morgan fingerprint density at radius 1 is 1.10 bits per heavy atom. The molecule has 0 bridgehead atoms. The molecule has 1 saturated heterocycles. The number of benzene rings is 1. The van der Waals surface area contributed by atoms with Crippen LogP contribution in [0.1, 0.15) is 54.1 Å². The molecule has 7 heteroatoms. The molecule has 2 saturated carbocycles. The summed E-state index contributed by atoms with van der Waals surface area (Å²) in [4.78, 5) is 18.5. The van der Waals surface area contributed by atoms with Crippen LogP contribution < -0.4 is 10.2 Å². The lowest BCUT2D eigenvalue weighted by atomic mass is 9.92. The van der Waals surface area contributed by atoms with Crippen LogP contribution in [0.5, 0.6) is 0 Å². The predicted octanol–water partition coefficient (Wildman–Crippen LogP) is 4.93.